The molecule has 0 spiro atoms. The predicted molar refractivity (Wildman–Crippen MR) is 270 cm³/mol. The Hall–Kier alpha value is -8.26. The van der Waals surface area contributed by atoms with Crippen LogP contribution in [0.2, 0.25) is 0 Å². The van der Waals surface area contributed by atoms with Crippen LogP contribution in [0.3, 0.4) is 0 Å². The van der Waals surface area contributed by atoms with Gasteiger partial charge in [-0.15, -0.1) is 0 Å². The van der Waals surface area contributed by atoms with E-state index in [0.29, 0.717) is 0 Å². The number of benzene rings is 12. The van der Waals surface area contributed by atoms with Crippen molar-refractivity contribution < 1.29 is 0 Å². The van der Waals surface area contributed by atoms with Crippen LogP contribution in [-0.2, 0) is 0 Å². The first-order valence-electron chi connectivity index (χ1n) is 21.8. The summed E-state index contributed by atoms with van der Waals surface area (Å²) in [6.07, 6.45) is 0. The highest BCUT2D eigenvalue weighted by atomic mass is 15.0. The van der Waals surface area contributed by atoms with E-state index in [2.05, 4.69) is 241 Å². The molecule has 0 unspecified atom stereocenters. The molecule has 0 saturated heterocycles. The van der Waals surface area contributed by atoms with E-state index in [9.17, 15) is 0 Å². The van der Waals surface area contributed by atoms with E-state index >= 15 is 0 Å². The van der Waals surface area contributed by atoms with E-state index in [4.69, 9.17) is 0 Å². The van der Waals surface area contributed by atoms with Crippen LogP contribution in [0.4, 0.5) is 0 Å². The van der Waals surface area contributed by atoms with Crippen molar-refractivity contribution in [3.8, 4) is 50.2 Å². The Morgan fingerprint density at radius 2 is 0.810 bits per heavy atom. The molecular weight excluding hydrogens is 759 g/mol. The molecule has 1 aromatic heterocycles. The molecule has 0 saturated carbocycles. The first-order valence-corrected chi connectivity index (χ1v) is 21.8. The lowest BCUT2D eigenvalue weighted by Crippen LogP contribution is -1.97. The number of aromatic nitrogens is 1. The summed E-state index contributed by atoms with van der Waals surface area (Å²) in [5.41, 5.74) is 13.3. The Labute approximate surface area is 365 Å². The maximum Gasteiger partial charge on any atom is 0.0547 e. The minimum atomic E-state index is 1.18. The van der Waals surface area contributed by atoms with Crippen LogP contribution in [0.15, 0.2) is 237 Å². The molecule has 0 bridgehead atoms. The fourth-order valence-electron chi connectivity index (χ4n) is 10.5. The van der Waals surface area contributed by atoms with E-state index in [0.717, 1.165) is 0 Å². The van der Waals surface area contributed by atoms with Gasteiger partial charge in [-0.25, -0.2) is 0 Å². The second-order valence-corrected chi connectivity index (χ2v) is 16.8. The molecule has 1 heterocycles. The highest BCUT2D eigenvalue weighted by molar-refractivity contribution is 6.26. The van der Waals surface area contributed by atoms with E-state index in [1.54, 1.807) is 0 Å². The summed E-state index contributed by atoms with van der Waals surface area (Å²) in [5.74, 6) is 0. The third-order valence-electron chi connectivity index (χ3n) is 13.4. The molecule has 0 fully saturated rings. The van der Waals surface area contributed by atoms with Crippen molar-refractivity contribution in [2.24, 2.45) is 0 Å². The fourth-order valence-corrected chi connectivity index (χ4v) is 10.5. The molecular formula is C62H39N. The highest BCUT2D eigenvalue weighted by Crippen LogP contribution is 2.46. The van der Waals surface area contributed by atoms with Gasteiger partial charge in [0.25, 0.3) is 0 Å². The summed E-state index contributed by atoms with van der Waals surface area (Å²) in [6, 6.07) is 87.5. The number of nitrogens with zero attached hydrogens (tertiary/aromatic N) is 1. The molecule has 292 valence electrons. The van der Waals surface area contributed by atoms with E-state index in [1.165, 1.54) is 126 Å². The molecule has 13 aromatic rings. The average molecular weight is 798 g/mol. The van der Waals surface area contributed by atoms with Crippen molar-refractivity contribution in [1.29, 1.82) is 0 Å². The van der Waals surface area contributed by atoms with Gasteiger partial charge >= 0.3 is 0 Å². The van der Waals surface area contributed by atoms with Crippen LogP contribution >= 0.6 is 0 Å². The maximum atomic E-state index is 2.55. The smallest absolute Gasteiger partial charge is 0.0547 e. The molecule has 0 aliphatic carbocycles. The minimum absolute atomic E-state index is 1.18. The lowest BCUT2D eigenvalue weighted by molar-refractivity contribution is 1.20. The SMILES string of the molecule is c1ccc(-c2ccc(-c3cc4c5ccccc5c(-n5c6cc(-c7cccc8ccccc78)ccc6c6c7ccccc7ccc65)cc4c4ccccc34)c(-c3ccccc3)c2)cc1. The monoisotopic (exact) mass is 797 g/mol. The zero-order chi connectivity index (χ0) is 41.4. The molecule has 1 heteroatoms. The Kier molecular flexibility index (Phi) is 7.98. The highest BCUT2D eigenvalue weighted by Gasteiger charge is 2.21. The summed E-state index contributed by atoms with van der Waals surface area (Å²) < 4.78 is 2.55. The zero-order valence-corrected chi connectivity index (χ0v) is 34.5. The van der Waals surface area contributed by atoms with Crippen molar-refractivity contribution >= 4 is 75.7 Å². The van der Waals surface area contributed by atoms with Crippen molar-refractivity contribution in [2.45, 2.75) is 0 Å². The minimum Gasteiger partial charge on any atom is -0.309 e. The molecule has 0 radical (unpaired) electrons. The normalized spacial score (nSPS) is 11.8. The summed E-state index contributed by atoms with van der Waals surface area (Å²) in [6.45, 7) is 0. The van der Waals surface area contributed by atoms with Crippen LogP contribution in [0, 0.1) is 0 Å². The quantitative estimate of drug-likeness (QED) is 0.153. The molecule has 12 aromatic carbocycles. The second-order valence-electron chi connectivity index (χ2n) is 16.8. The van der Waals surface area contributed by atoms with Gasteiger partial charge in [0.2, 0.25) is 0 Å². The Morgan fingerprint density at radius 3 is 1.59 bits per heavy atom. The zero-order valence-electron chi connectivity index (χ0n) is 34.5. The third kappa shape index (κ3) is 5.57. The van der Waals surface area contributed by atoms with Gasteiger partial charge in [-0.05, 0) is 123 Å². The van der Waals surface area contributed by atoms with Gasteiger partial charge in [-0.3, -0.25) is 0 Å². The Bertz CT molecular complexity index is 3940. The molecule has 0 aliphatic rings. The summed E-state index contributed by atoms with van der Waals surface area (Å²) in [5, 5.41) is 15.0. The summed E-state index contributed by atoms with van der Waals surface area (Å²) >= 11 is 0. The molecule has 63 heavy (non-hydrogen) atoms. The number of hydrogen-bond donors (Lipinski definition) is 0. The van der Waals surface area contributed by atoms with Crippen LogP contribution in [-0.4, -0.2) is 4.57 Å². The van der Waals surface area contributed by atoms with Crippen LogP contribution in [0.5, 0.6) is 0 Å². The molecule has 0 amide bonds. The van der Waals surface area contributed by atoms with E-state index in [1.807, 2.05) is 0 Å². The summed E-state index contributed by atoms with van der Waals surface area (Å²) in [7, 11) is 0. The van der Waals surface area contributed by atoms with Crippen molar-refractivity contribution in [1.82, 2.24) is 4.57 Å². The van der Waals surface area contributed by atoms with E-state index in [-0.39, 0.29) is 0 Å². The number of rotatable bonds is 5. The van der Waals surface area contributed by atoms with Gasteiger partial charge in [0.1, 0.15) is 0 Å². The van der Waals surface area contributed by atoms with Gasteiger partial charge in [0.05, 0.1) is 16.7 Å². The van der Waals surface area contributed by atoms with E-state index < -0.39 is 0 Å². The largest absolute Gasteiger partial charge is 0.309 e. The first-order chi connectivity index (χ1) is 31.3. The van der Waals surface area contributed by atoms with Crippen molar-refractivity contribution in [2.75, 3.05) is 0 Å². The Balaban J connectivity index is 1.12. The standard InChI is InChI=1S/C62H39N/c1-3-16-40(17-4-1)44-30-33-52(55(36-44)42-18-5-2-6-19-42)56-38-57-51-27-13-14-28-53(51)61(39-58(57)50-26-12-11-25-49(50)56)63-59-35-32-43-21-8-10-24-48(43)62(59)54-34-31-45(37-60(54)63)47-29-15-22-41-20-7-9-23-46(41)47/h1-39H. The first kappa shape index (κ1) is 35.5. The molecule has 13 rings (SSSR count). The van der Waals surface area contributed by atoms with Crippen molar-refractivity contribution in [3.63, 3.8) is 0 Å². The van der Waals surface area contributed by atoms with Crippen LogP contribution < -0.4 is 0 Å². The van der Waals surface area contributed by atoms with Gasteiger partial charge < -0.3 is 4.57 Å². The van der Waals surface area contributed by atoms with Gasteiger partial charge in [-0.2, -0.15) is 0 Å². The van der Waals surface area contributed by atoms with Crippen molar-refractivity contribution in [3.05, 3.63) is 237 Å². The van der Waals surface area contributed by atoms with Crippen LogP contribution in [0.1, 0.15) is 0 Å². The van der Waals surface area contributed by atoms with Gasteiger partial charge in [0, 0.05) is 16.2 Å². The lowest BCUT2D eigenvalue weighted by atomic mass is 9.86. The summed E-state index contributed by atoms with van der Waals surface area (Å²) in [4.78, 5) is 0. The molecule has 1 nitrogen and oxygen atoms in total. The lowest BCUT2D eigenvalue weighted by Gasteiger charge is -2.19. The molecule has 0 aliphatic heterocycles. The van der Waals surface area contributed by atoms with Crippen LogP contribution in [0.25, 0.3) is 126 Å². The maximum absolute atomic E-state index is 2.55. The topological polar surface area (TPSA) is 4.93 Å². The third-order valence-corrected chi connectivity index (χ3v) is 13.4. The Morgan fingerprint density at radius 1 is 0.222 bits per heavy atom. The molecule has 0 N–H and O–H groups in total. The number of hydrogen-bond acceptors (Lipinski definition) is 0. The predicted octanol–water partition coefficient (Wildman–Crippen LogP) is 17.2. The van der Waals surface area contributed by atoms with Gasteiger partial charge in [0.15, 0.2) is 0 Å². The number of fused-ring (bicyclic) bond motifs is 11. The molecule has 0 atom stereocenters. The second kappa shape index (κ2) is 14.2. The van der Waals surface area contributed by atoms with Gasteiger partial charge in [-0.1, -0.05) is 206 Å². The average Bonchev–Trinajstić information content (AvgIpc) is 3.70. The fraction of sp³-hybridized carbons (Fsp3) is 0.